The van der Waals surface area contributed by atoms with Crippen molar-refractivity contribution in [3.63, 3.8) is 0 Å². The van der Waals surface area contributed by atoms with Gasteiger partial charge in [0.1, 0.15) is 0 Å². The first-order valence-electron chi connectivity index (χ1n) is 5.17. The zero-order valence-corrected chi connectivity index (χ0v) is 9.40. The largest absolute Gasteiger partial charge is 0.393 e. The number of carbonyl (C=O) groups excluding carboxylic acids is 1. The van der Waals surface area contributed by atoms with Gasteiger partial charge < -0.3 is 11.1 Å². The molecule has 1 rings (SSSR count). The molecule has 0 spiro atoms. The van der Waals surface area contributed by atoms with Gasteiger partial charge in [0.05, 0.1) is 11.4 Å². The Kier molecular flexibility index (Phi) is 4.32. The van der Waals surface area contributed by atoms with Crippen LogP contribution in [0.25, 0.3) is 0 Å². The van der Waals surface area contributed by atoms with E-state index in [9.17, 15) is 4.79 Å². The number of hydrogen-bond acceptors (Lipinski definition) is 2. The molecule has 4 heteroatoms. The molecule has 3 N–H and O–H groups in total. The molecule has 1 fully saturated rings. The smallest absolute Gasteiger partial charge is 0.227 e. The molecule has 0 heterocycles. The third-order valence-corrected chi connectivity index (χ3v) is 2.97. The third-order valence-electron chi connectivity index (χ3n) is 2.83. The Balaban J connectivity index is 2.28. The number of nitrogens with two attached hydrogens (primary N) is 1. The minimum Gasteiger partial charge on any atom is -0.393 e. The third kappa shape index (κ3) is 3.62. The van der Waals surface area contributed by atoms with Crippen molar-refractivity contribution in [2.24, 2.45) is 11.7 Å². The topological polar surface area (TPSA) is 55.1 Å². The van der Waals surface area contributed by atoms with Crippen molar-refractivity contribution in [2.75, 3.05) is 0 Å². The van der Waals surface area contributed by atoms with E-state index in [1.807, 2.05) is 0 Å². The van der Waals surface area contributed by atoms with Crippen molar-refractivity contribution < 1.29 is 4.79 Å². The highest BCUT2D eigenvalue weighted by Crippen LogP contribution is 2.27. The van der Waals surface area contributed by atoms with E-state index in [-0.39, 0.29) is 23.4 Å². The predicted octanol–water partition coefficient (Wildman–Crippen LogP) is 1.36. The molecule has 1 aliphatic rings. The van der Waals surface area contributed by atoms with Gasteiger partial charge >= 0.3 is 0 Å². The van der Waals surface area contributed by atoms with Crippen molar-refractivity contribution >= 4 is 23.1 Å². The Morgan fingerprint density at radius 1 is 1.57 bits per heavy atom. The van der Waals surface area contributed by atoms with Gasteiger partial charge in [-0.2, -0.15) is 0 Å². The van der Waals surface area contributed by atoms with Crippen LogP contribution in [0.4, 0.5) is 0 Å². The molecule has 0 bridgehead atoms. The molecule has 80 valence electrons. The SMILES string of the molecule is CC(NC(=O)CC(N)=S)C1CCCC1. The molecule has 1 amide bonds. The van der Waals surface area contributed by atoms with Gasteiger partial charge in [-0.15, -0.1) is 0 Å². The Morgan fingerprint density at radius 3 is 2.64 bits per heavy atom. The first kappa shape index (κ1) is 11.4. The van der Waals surface area contributed by atoms with Crippen LogP contribution >= 0.6 is 12.2 Å². The fourth-order valence-electron chi connectivity index (χ4n) is 2.04. The van der Waals surface area contributed by atoms with Crippen LogP contribution in [0.3, 0.4) is 0 Å². The lowest BCUT2D eigenvalue weighted by Gasteiger charge is -2.20. The Labute approximate surface area is 90.4 Å². The second-order valence-electron chi connectivity index (χ2n) is 4.04. The minimum atomic E-state index is -0.0445. The van der Waals surface area contributed by atoms with E-state index in [1.54, 1.807) is 0 Å². The zero-order valence-electron chi connectivity index (χ0n) is 8.58. The summed E-state index contributed by atoms with van der Waals surface area (Å²) in [4.78, 5) is 11.6. The lowest BCUT2D eigenvalue weighted by Crippen LogP contribution is -2.38. The van der Waals surface area contributed by atoms with Gasteiger partial charge in [-0.05, 0) is 25.7 Å². The quantitative estimate of drug-likeness (QED) is 0.695. The first-order chi connectivity index (χ1) is 6.59. The fourth-order valence-corrected chi connectivity index (χ4v) is 2.17. The van der Waals surface area contributed by atoms with E-state index in [0.29, 0.717) is 5.92 Å². The van der Waals surface area contributed by atoms with Crippen LogP contribution < -0.4 is 11.1 Å². The summed E-state index contributed by atoms with van der Waals surface area (Å²) in [5, 5.41) is 2.95. The summed E-state index contributed by atoms with van der Waals surface area (Å²) in [6.45, 7) is 2.06. The zero-order chi connectivity index (χ0) is 10.6. The van der Waals surface area contributed by atoms with Crippen LogP contribution in [0.2, 0.25) is 0 Å². The van der Waals surface area contributed by atoms with Gasteiger partial charge in [-0.1, -0.05) is 25.1 Å². The number of hydrogen-bond donors (Lipinski definition) is 2. The van der Waals surface area contributed by atoms with E-state index in [0.717, 1.165) is 0 Å². The van der Waals surface area contributed by atoms with Crippen LogP contribution in [0.1, 0.15) is 39.0 Å². The van der Waals surface area contributed by atoms with Crippen LogP contribution in [-0.4, -0.2) is 16.9 Å². The molecule has 1 saturated carbocycles. The summed E-state index contributed by atoms with van der Waals surface area (Å²) in [5.74, 6) is 0.599. The second kappa shape index (κ2) is 5.29. The molecule has 0 saturated heterocycles. The van der Waals surface area contributed by atoms with Crippen molar-refractivity contribution in [1.29, 1.82) is 0 Å². The van der Waals surface area contributed by atoms with Crippen molar-refractivity contribution in [3.05, 3.63) is 0 Å². The summed E-state index contributed by atoms with van der Waals surface area (Å²) < 4.78 is 0. The van der Waals surface area contributed by atoms with Crippen molar-refractivity contribution in [3.8, 4) is 0 Å². The summed E-state index contributed by atoms with van der Waals surface area (Å²) in [5.41, 5.74) is 5.29. The summed E-state index contributed by atoms with van der Waals surface area (Å²) in [6, 6.07) is 0.263. The number of nitrogens with one attached hydrogen (secondary N) is 1. The van der Waals surface area contributed by atoms with Gasteiger partial charge in [0.2, 0.25) is 5.91 Å². The molecule has 0 radical (unpaired) electrons. The van der Waals surface area contributed by atoms with Crippen LogP contribution in [-0.2, 0) is 4.79 Å². The Bertz CT molecular complexity index is 224. The van der Waals surface area contributed by atoms with Gasteiger partial charge in [-0.3, -0.25) is 4.79 Å². The average molecular weight is 214 g/mol. The minimum absolute atomic E-state index is 0.0445. The molecule has 0 aromatic heterocycles. The number of thiocarbonyl (C=S) groups is 1. The van der Waals surface area contributed by atoms with E-state index in [4.69, 9.17) is 5.73 Å². The van der Waals surface area contributed by atoms with E-state index in [1.165, 1.54) is 25.7 Å². The molecule has 14 heavy (non-hydrogen) atoms. The van der Waals surface area contributed by atoms with Crippen LogP contribution in [0.15, 0.2) is 0 Å². The van der Waals surface area contributed by atoms with E-state index in [2.05, 4.69) is 24.5 Å². The lowest BCUT2D eigenvalue weighted by atomic mass is 10.00. The maximum Gasteiger partial charge on any atom is 0.227 e. The molecular formula is C10H18N2OS. The van der Waals surface area contributed by atoms with Gasteiger partial charge in [0.15, 0.2) is 0 Å². The van der Waals surface area contributed by atoms with Crippen LogP contribution in [0, 0.1) is 5.92 Å². The predicted molar refractivity (Wildman–Crippen MR) is 61.0 cm³/mol. The molecule has 3 nitrogen and oxygen atoms in total. The molecule has 1 aliphatic carbocycles. The van der Waals surface area contributed by atoms with E-state index >= 15 is 0 Å². The highest BCUT2D eigenvalue weighted by molar-refractivity contribution is 7.80. The number of amides is 1. The first-order valence-corrected chi connectivity index (χ1v) is 5.58. The summed E-state index contributed by atoms with van der Waals surface area (Å²) in [7, 11) is 0. The van der Waals surface area contributed by atoms with Crippen molar-refractivity contribution in [1.82, 2.24) is 5.32 Å². The highest BCUT2D eigenvalue weighted by atomic mass is 32.1. The Morgan fingerprint density at radius 2 is 2.14 bits per heavy atom. The monoisotopic (exact) mass is 214 g/mol. The fraction of sp³-hybridized carbons (Fsp3) is 0.800. The van der Waals surface area contributed by atoms with Crippen LogP contribution in [0.5, 0.6) is 0 Å². The average Bonchev–Trinajstić information content (AvgIpc) is 2.53. The van der Waals surface area contributed by atoms with E-state index < -0.39 is 0 Å². The maximum atomic E-state index is 11.3. The normalized spacial score (nSPS) is 19.2. The van der Waals surface area contributed by atoms with Gasteiger partial charge in [0.25, 0.3) is 0 Å². The standard InChI is InChI=1S/C10H18N2OS/c1-7(8-4-2-3-5-8)12-10(13)6-9(11)14/h7-8H,2-6H2,1H3,(H2,11,14)(H,12,13). The van der Waals surface area contributed by atoms with Gasteiger partial charge in [0, 0.05) is 6.04 Å². The maximum absolute atomic E-state index is 11.3. The van der Waals surface area contributed by atoms with Gasteiger partial charge in [-0.25, -0.2) is 0 Å². The number of rotatable bonds is 4. The summed E-state index contributed by atoms with van der Waals surface area (Å²) in [6.07, 6.45) is 5.22. The lowest BCUT2D eigenvalue weighted by molar-refractivity contribution is -0.120. The number of carbonyl (C=O) groups is 1. The van der Waals surface area contributed by atoms with Crippen molar-refractivity contribution in [2.45, 2.75) is 45.1 Å². The Hall–Kier alpha value is -0.640. The molecule has 0 aromatic rings. The highest BCUT2D eigenvalue weighted by Gasteiger charge is 2.22. The second-order valence-corrected chi connectivity index (χ2v) is 4.57. The molecular weight excluding hydrogens is 196 g/mol. The summed E-state index contributed by atoms with van der Waals surface area (Å²) >= 11 is 4.68. The molecule has 0 aromatic carbocycles. The molecule has 1 unspecified atom stereocenters. The molecule has 0 aliphatic heterocycles. The molecule has 1 atom stereocenters.